The van der Waals surface area contributed by atoms with Crippen LogP contribution in [0.15, 0.2) is 60.0 Å². The summed E-state index contributed by atoms with van der Waals surface area (Å²) in [5.41, 5.74) is 2.18. The number of benzene rings is 2. The van der Waals surface area contributed by atoms with Gasteiger partial charge in [0.1, 0.15) is 12.1 Å². The summed E-state index contributed by atoms with van der Waals surface area (Å²) in [6.45, 7) is 3.19. The average Bonchev–Trinajstić information content (AvgIpc) is 3.22. The summed E-state index contributed by atoms with van der Waals surface area (Å²) in [4.78, 5) is 14.6. The molecule has 0 atom stereocenters. The summed E-state index contributed by atoms with van der Waals surface area (Å²) in [5.74, 6) is -0.408. The molecule has 1 aliphatic heterocycles. The monoisotopic (exact) mass is 413 g/mol. The molecule has 0 bridgehead atoms. The highest BCUT2D eigenvalue weighted by Gasteiger charge is 2.14. The van der Waals surface area contributed by atoms with Gasteiger partial charge in [0.15, 0.2) is 5.16 Å². The molecular formula is C20H20FN5O2S. The number of para-hydroxylation sites is 1. The number of thioether (sulfide) groups is 1. The third kappa shape index (κ3) is 4.75. The number of nitrogens with one attached hydrogen (secondary N) is 1. The summed E-state index contributed by atoms with van der Waals surface area (Å²) in [5, 5.41) is 11.1. The van der Waals surface area contributed by atoms with Gasteiger partial charge in [-0.2, -0.15) is 0 Å². The Morgan fingerprint density at radius 2 is 1.90 bits per heavy atom. The predicted molar refractivity (Wildman–Crippen MR) is 110 cm³/mol. The van der Waals surface area contributed by atoms with E-state index in [0.29, 0.717) is 10.8 Å². The van der Waals surface area contributed by atoms with Gasteiger partial charge >= 0.3 is 0 Å². The minimum Gasteiger partial charge on any atom is -0.378 e. The van der Waals surface area contributed by atoms with Gasteiger partial charge in [-0.05, 0) is 36.4 Å². The second-order valence-corrected chi connectivity index (χ2v) is 7.36. The van der Waals surface area contributed by atoms with Crippen molar-refractivity contribution >= 4 is 29.0 Å². The number of aromatic nitrogens is 3. The number of halogens is 1. The van der Waals surface area contributed by atoms with Crippen molar-refractivity contribution in [1.82, 2.24) is 14.8 Å². The van der Waals surface area contributed by atoms with Crippen molar-refractivity contribution in [2.75, 3.05) is 42.3 Å². The van der Waals surface area contributed by atoms with E-state index in [2.05, 4.69) is 20.4 Å². The molecule has 0 radical (unpaired) electrons. The van der Waals surface area contributed by atoms with Gasteiger partial charge < -0.3 is 15.0 Å². The van der Waals surface area contributed by atoms with E-state index < -0.39 is 0 Å². The van der Waals surface area contributed by atoms with Crippen molar-refractivity contribution < 1.29 is 13.9 Å². The number of carbonyl (C=O) groups is 1. The number of rotatable bonds is 6. The Morgan fingerprint density at radius 1 is 1.14 bits per heavy atom. The highest BCUT2D eigenvalue weighted by atomic mass is 32.2. The molecule has 1 aliphatic rings. The zero-order valence-electron chi connectivity index (χ0n) is 15.6. The van der Waals surface area contributed by atoms with E-state index in [-0.39, 0.29) is 17.5 Å². The highest BCUT2D eigenvalue weighted by molar-refractivity contribution is 7.99. The van der Waals surface area contributed by atoms with Crippen molar-refractivity contribution in [3.63, 3.8) is 0 Å². The van der Waals surface area contributed by atoms with E-state index in [1.165, 1.54) is 28.7 Å². The molecule has 2 heterocycles. The van der Waals surface area contributed by atoms with E-state index in [4.69, 9.17) is 4.74 Å². The molecule has 0 spiro atoms. The number of ether oxygens (including phenoxy) is 1. The quantitative estimate of drug-likeness (QED) is 0.627. The maximum Gasteiger partial charge on any atom is 0.234 e. The van der Waals surface area contributed by atoms with Gasteiger partial charge in [0.25, 0.3) is 0 Å². The van der Waals surface area contributed by atoms with E-state index >= 15 is 0 Å². The van der Waals surface area contributed by atoms with Crippen LogP contribution in [0.3, 0.4) is 0 Å². The Balaban J connectivity index is 1.34. The molecule has 0 unspecified atom stereocenters. The van der Waals surface area contributed by atoms with Crippen LogP contribution >= 0.6 is 11.8 Å². The van der Waals surface area contributed by atoms with Crippen LogP contribution in [0.25, 0.3) is 5.69 Å². The zero-order valence-corrected chi connectivity index (χ0v) is 16.4. The van der Waals surface area contributed by atoms with Gasteiger partial charge in [0.2, 0.25) is 5.91 Å². The third-order valence-electron chi connectivity index (χ3n) is 4.49. The molecule has 1 N–H and O–H groups in total. The number of nitrogens with zero attached hydrogens (tertiary/aromatic N) is 4. The van der Waals surface area contributed by atoms with Crippen LogP contribution in [0.1, 0.15) is 0 Å². The van der Waals surface area contributed by atoms with Gasteiger partial charge in [-0.1, -0.05) is 23.9 Å². The fourth-order valence-corrected chi connectivity index (χ4v) is 3.76. The number of carbonyl (C=O) groups excluding carboxylic acids is 1. The van der Waals surface area contributed by atoms with Crippen molar-refractivity contribution in [3.8, 4) is 5.69 Å². The van der Waals surface area contributed by atoms with Crippen LogP contribution in [0.2, 0.25) is 0 Å². The molecule has 29 heavy (non-hydrogen) atoms. The lowest BCUT2D eigenvalue weighted by atomic mass is 10.2. The average molecular weight is 413 g/mol. The first-order valence-corrected chi connectivity index (χ1v) is 10.2. The molecule has 2 aromatic carbocycles. The fourth-order valence-electron chi connectivity index (χ4n) is 3.04. The number of morpholine rings is 1. The van der Waals surface area contributed by atoms with Crippen LogP contribution < -0.4 is 10.2 Å². The normalized spacial score (nSPS) is 14.0. The van der Waals surface area contributed by atoms with Crippen LogP contribution in [-0.4, -0.2) is 52.7 Å². The first kappa shape index (κ1) is 19.4. The molecule has 4 rings (SSSR count). The fraction of sp³-hybridized carbons (Fsp3) is 0.250. The summed E-state index contributed by atoms with van der Waals surface area (Å²) in [6, 6.07) is 14.1. The van der Waals surface area contributed by atoms with Crippen molar-refractivity contribution in [2.45, 2.75) is 5.16 Å². The molecule has 1 fully saturated rings. The zero-order chi connectivity index (χ0) is 20.1. The topological polar surface area (TPSA) is 72.3 Å². The molecular weight excluding hydrogens is 393 g/mol. The Bertz CT molecular complexity index is 973. The lowest BCUT2D eigenvalue weighted by Crippen LogP contribution is -2.36. The number of anilines is 2. The Morgan fingerprint density at radius 3 is 2.66 bits per heavy atom. The second kappa shape index (κ2) is 9.06. The minimum absolute atomic E-state index is 0.137. The molecule has 1 aromatic heterocycles. The van der Waals surface area contributed by atoms with E-state index in [0.717, 1.165) is 37.7 Å². The van der Waals surface area contributed by atoms with Gasteiger partial charge in [-0.15, -0.1) is 10.2 Å². The second-order valence-electron chi connectivity index (χ2n) is 6.42. The van der Waals surface area contributed by atoms with Crippen molar-refractivity contribution in [2.24, 2.45) is 0 Å². The molecule has 0 aliphatic carbocycles. The highest BCUT2D eigenvalue weighted by Crippen LogP contribution is 2.22. The Kier molecular flexibility index (Phi) is 6.06. The predicted octanol–water partition coefficient (Wildman–Crippen LogP) is 2.97. The molecule has 1 amide bonds. The van der Waals surface area contributed by atoms with Crippen LogP contribution in [0.4, 0.5) is 15.8 Å². The molecule has 9 heteroatoms. The molecule has 0 saturated carbocycles. The van der Waals surface area contributed by atoms with Gasteiger partial charge in [0.05, 0.1) is 24.7 Å². The minimum atomic E-state index is -0.376. The maximum atomic E-state index is 14.0. The Hall–Kier alpha value is -2.91. The van der Waals surface area contributed by atoms with Crippen LogP contribution in [-0.2, 0) is 9.53 Å². The SMILES string of the molecule is O=C(CSc1nncn1-c1ccccc1F)Nc1ccc(N2CCOCC2)cc1. The lowest BCUT2D eigenvalue weighted by Gasteiger charge is -2.28. The van der Waals surface area contributed by atoms with Gasteiger partial charge in [-0.3, -0.25) is 9.36 Å². The van der Waals surface area contributed by atoms with Crippen LogP contribution in [0, 0.1) is 5.82 Å². The lowest BCUT2D eigenvalue weighted by molar-refractivity contribution is -0.113. The van der Waals surface area contributed by atoms with Crippen LogP contribution in [0.5, 0.6) is 0 Å². The molecule has 1 saturated heterocycles. The largest absolute Gasteiger partial charge is 0.378 e. The van der Waals surface area contributed by atoms with E-state index in [1.54, 1.807) is 18.2 Å². The standard InChI is InChI=1S/C20H20FN5O2S/c21-17-3-1-2-4-18(17)26-14-22-24-20(26)29-13-19(27)23-15-5-7-16(8-6-15)25-9-11-28-12-10-25/h1-8,14H,9-13H2,(H,23,27). The number of hydrogen-bond acceptors (Lipinski definition) is 6. The number of hydrogen-bond donors (Lipinski definition) is 1. The summed E-state index contributed by atoms with van der Waals surface area (Å²) in [6.07, 6.45) is 1.43. The molecule has 3 aromatic rings. The first-order chi connectivity index (χ1) is 14.2. The maximum absolute atomic E-state index is 14.0. The van der Waals surface area contributed by atoms with Gasteiger partial charge in [-0.25, -0.2) is 4.39 Å². The molecule has 7 nitrogen and oxygen atoms in total. The van der Waals surface area contributed by atoms with Crippen molar-refractivity contribution in [3.05, 3.63) is 60.7 Å². The Labute approximate surface area is 171 Å². The van der Waals surface area contributed by atoms with E-state index in [9.17, 15) is 9.18 Å². The summed E-state index contributed by atoms with van der Waals surface area (Å²) >= 11 is 1.20. The third-order valence-corrected chi connectivity index (χ3v) is 5.43. The molecule has 150 valence electrons. The number of amides is 1. The summed E-state index contributed by atoms with van der Waals surface area (Å²) < 4.78 is 20.9. The first-order valence-electron chi connectivity index (χ1n) is 9.21. The summed E-state index contributed by atoms with van der Waals surface area (Å²) in [7, 11) is 0. The van der Waals surface area contributed by atoms with E-state index in [1.807, 2.05) is 24.3 Å². The van der Waals surface area contributed by atoms with Gasteiger partial charge in [0, 0.05) is 24.5 Å². The van der Waals surface area contributed by atoms with Crippen molar-refractivity contribution in [1.29, 1.82) is 0 Å². The smallest absolute Gasteiger partial charge is 0.234 e.